The third kappa shape index (κ3) is 26.2. The summed E-state index contributed by atoms with van der Waals surface area (Å²) in [5.74, 6) is 0. The summed E-state index contributed by atoms with van der Waals surface area (Å²) in [6, 6.07) is 0. The van der Waals surface area contributed by atoms with Gasteiger partial charge < -0.3 is 0 Å². The van der Waals surface area contributed by atoms with Crippen LogP contribution in [0.4, 0.5) is 0 Å². The van der Waals surface area contributed by atoms with Gasteiger partial charge in [-0.1, -0.05) is 68.7 Å². The van der Waals surface area contributed by atoms with Gasteiger partial charge >= 0.3 is 0 Å². The highest BCUT2D eigenvalue weighted by atomic mass is 14.4. The van der Waals surface area contributed by atoms with Gasteiger partial charge in [0.05, 0.1) is 0 Å². The van der Waals surface area contributed by atoms with E-state index in [1.54, 1.807) is 0 Å². The predicted octanol–water partition coefficient (Wildman–Crippen LogP) is 8.18. The Morgan fingerprint density at radius 1 is 1.00 bits per heavy atom. The second-order valence-electron chi connectivity index (χ2n) is 4.63. The molecule has 0 bridgehead atoms. The van der Waals surface area contributed by atoms with Gasteiger partial charge in [-0.2, -0.15) is 0 Å². The van der Waals surface area contributed by atoms with Crippen LogP contribution in [0.5, 0.6) is 0 Å². The normalized spacial score (nSPS) is 12.2. The van der Waals surface area contributed by atoms with Crippen LogP contribution in [0.3, 0.4) is 0 Å². The standard InChI is InChI=1S/C7H14.C7H12.3C2H6/c1-3-4-7(2)5-6-7;1-4-6-7(3)5-2;3*1-2/h3-6H2,1-2H3;4H,5H2,1-3H3;3*1-2H3. The summed E-state index contributed by atoms with van der Waals surface area (Å²) >= 11 is 0. The van der Waals surface area contributed by atoms with Crippen LogP contribution >= 0.6 is 0 Å². The first-order valence-electron chi connectivity index (χ1n) is 8.94. The van der Waals surface area contributed by atoms with E-state index in [4.69, 9.17) is 0 Å². The van der Waals surface area contributed by atoms with Crippen molar-refractivity contribution in [2.45, 2.75) is 108 Å². The number of hydrogen-bond acceptors (Lipinski definition) is 0. The van der Waals surface area contributed by atoms with E-state index in [-0.39, 0.29) is 0 Å². The first kappa shape index (κ1) is 27.8. The Kier molecular flexibility index (Phi) is 32.8. The van der Waals surface area contributed by atoms with E-state index in [0.29, 0.717) is 0 Å². The van der Waals surface area contributed by atoms with Crippen LogP contribution in [0.1, 0.15) is 108 Å². The molecule has 1 aliphatic carbocycles. The summed E-state index contributed by atoms with van der Waals surface area (Å²) in [6.07, 6.45) is 8.86. The number of rotatable bonds is 3. The molecule has 0 spiro atoms. The van der Waals surface area contributed by atoms with Gasteiger partial charge in [0.2, 0.25) is 0 Å². The molecule has 0 radical (unpaired) electrons. The van der Waals surface area contributed by atoms with Gasteiger partial charge in [-0.15, -0.1) is 5.73 Å². The lowest BCUT2D eigenvalue weighted by Crippen LogP contribution is -1.88. The third-order valence-electron chi connectivity index (χ3n) is 2.88. The van der Waals surface area contributed by atoms with E-state index in [1.807, 2.05) is 54.5 Å². The average Bonchev–Trinajstić information content (AvgIpc) is 3.24. The quantitative estimate of drug-likeness (QED) is 0.458. The third-order valence-corrected chi connectivity index (χ3v) is 2.88. The molecule has 1 aliphatic rings. The zero-order valence-corrected chi connectivity index (χ0v) is 16.6. The number of allylic oxidation sites excluding steroid dienone is 1. The van der Waals surface area contributed by atoms with Gasteiger partial charge in [-0.3, -0.25) is 0 Å². The monoisotopic (exact) mass is 284 g/mol. The molecule has 1 saturated carbocycles. The Labute approximate surface area is 131 Å². The van der Waals surface area contributed by atoms with Crippen LogP contribution in [0.25, 0.3) is 0 Å². The highest BCUT2D eigenvalue weighted by Gasteiger charge is 2.35. The molecular weight excluding hydrogens is 240 g/mol. The van der Waals surface area contributed by atoms with Crippen molar-refractivity contribution in [3.8, 4) is 0 Å². The van der Waals surface area contributed by atoms with Gasteiger partial charge in [-0.25, -0.2) is 0 Å². The minimum Gasteiger partial charge on any atom is -0.127 e. The molecule has 0 aliphatic heterocycles. The molecule has 0 heterocycles. The van der Waals surface area contributed by atoms with Crippen molar-refractivity contribution in [2.75, 3.05) is 0 Å². The van der Waals surface area contributed by atoms with Crippen LogP contribution in [-0.2, 0) is 0 Å². The molecule has 0 aromatic heterocycles. The maximum Gasteiger partial charge on any atom is -0.0275 e. The van der Waals surface area contributed by atoms with Gasteiger partial charge in [-0.05, 0) is 56.6 Å². The van der Waals surface area contributed by atoms with Crippen molar-refractivity contribution in [1.29, 1.82) is 0 Å². The minimum atomic E-state index is 0.800. The van der Waals surface area contributed by atoms with Crippen LogP contribution in [0.2, 0.25) is 0 Å². The van der Waals surface area contributed by atoms with Crippen LogP contribution in [0.15, 0.2) is 17.4 Å². The Bertz CT molecular complexity index is 200. The Morgan fingerprint density at radius 3 is 1.50 bits per heavy atom. The van der Waals surface area contributed by atoms with Crippen molar-refractivity contribution in [1.82, 2.24) is 0 Å². The van der Waals surface area contributed by atoms with E-state index in [9.17, 15) is 0 Å². The molecular formula is C20H44. The fourth-order valence-electron chi connectivity index (χ4n) is 1.42. The summed E-state index contributed by atoms with van der Waals surface area (Å²) < 4.78 is 0. The van der Waals surface area contributed by atoms with Crippen LogP contribution in [0, 0.1) is 5.41 Å². The van der Waals surface area contributed by atoms with Gasteiger partial charge in [0.1, 0.15) is 0 Å². The zero-order chi connectivity index (χ0) is 17.0. The lowest BCUT2D eigenvalue weighted by molar-refractivity contribution is 0.510. The highest BCUT2D eigenvalue weighted by Crippen LogP contribution is 2.48. The van der Waals surface area contributed by atoms with Gasteiger partial charge in [0.25, 0.3) is 0 Å². The van der Waals surface area contributed by atoms with E-state index in [0.717, 1.165) is 11.8 Å². The summed E-state index contributed by atoms with van der Waals surface area (Å²) in [5.41, 5.74) is 5.21. The number of hydrogen-bond donors (Lipinski definition) is 0. The van der Waals surface area contributed by atoms with Gasteiger partial charge in [0, 0.05) is 0 Å². The lowest BCUT2D eigenvalue weighted by Gasteiger charge is -2.01. The summed E-state index contributed by atoms with van der Waals surface area (Å²) in [4.78, 5) is 0. The summed E-state index contributed by atoms with van der Waals surface area (Å²) in [7, 11) is 0. The molecule has 20 heavy (non-hydrogen) atoms. The Hall–Kier alpha value is -0.480. The first-order chi connectivity index (χ1) is 9.58. The fraction of sp³-hybridized carbons (Fsp3) is 0.850. The molecule has 1 rings (SSSR count). The predicted molar refractivity (Wildman–Crippen MR) is 99.5 cm³/mol. The van der Waals surface area contributed by atoms with E-state index >= 15 is 0 Å². The molecule has 0 N–H and O–H groups in total. The molecule has 124 valence electrons. The SMILES string of the molecule is CC.CC.CC.CC=C=C(C)CC.CCCC1(C)CC1. The van der Waals surface area contributed by atoms with Crippen molar-refractivity contribution in [3.63, 3.8) is 0 Å². The lowest BCUT2D eigenvalue weighted by atomic mass is 10.0. The molecule has 0 nitrogen and oxygen atoms in total. The van der Waals surface area contributed by atoms with E-state index in [2.05, 4.69) is 33.4 Å². The largest absolute Gasteiger partial charge is 0.127 e. The summed E-state index contributed by atoms with van der Waals surface area (Å²) in [5, 5.41) is 0. The minimum absolute atomic E-state index is 0.800. The van der Waals surface area contributed by atoms with Crippen molar-refractivity contribution in [2.24, 2.45) is 5.41 Å². The van der Waals surface area contributed by atoms with E-state index in [1.165, 1.54) is 31.3 Å². The maximum absolute atomic E-state index is 3.09. The smallest absolute Gasteiger partial charge is 0.0275 e. The molecule has 1 fully saturated rings. The Balaban J connectivity index is -0.0000000933. The average molecular weight is 285 g/mol. The molecule has 0 amide bonds. The second-order valence-corrected chi connectivity index (χ2v) is 4.63. The van der Waals surface area contributed by atoms with Gasteiger partial charge in [0.15, 0.2) is 0 Å². The fourth-order valence-corrected chi connectivity index (χ4v) is 1.42. The van der Waals surface area contributed by atoms with Crippen molar-refractivity contribution >= 4 is 0 Å². The first-order valence-corrected chi connectivity index (χ1v) is 8.94. The zero-order valence-electron chi connectivity index (χ0n) is 16.6. The maximum atomic E-state index is 3.09. The second kappa shape index (κ2) is 23.6. The molecule has 0 unspecified atom stereocenters. The molecule has 0 atom stereocenters. The van der Waals surface area contributed by atoms with Crippen LogP contribution in [-0.4, -0.2) is 0 Å². The van der Waals surface area contributed by atoms with Crippen molar-refractivity contribution < 1.29 is 0 Å². The van der Waals surface area contributed by atoms with Crippen LogP contribution < -0.4 is 0 Å². The topological polar surface area (TPSA) is 0 Å². The van der Waals surface area contributed by atoms with Crippen molar-refractivity contribution in [3.05, 3.63) is 17.4 Å². The highest BCUT2D eigenvalue weighted by molar-refractivity contribution is 4.95. The molecule has 0 saturated heterocycles. The van der Waals surface area contributed by atoms with E-state index < -0.39 is 0 Å². The Morgan fingerprint density at radius 2 is 1.40 bits per heavy atom. The molecule has 0 heteroatoms. The molecule has 0 aromatic rings. The molecule has 0 aromatic carbocycles. The summed E-state index contributed by atoms with van der Waals surface area (Å²) in [6.45, 7) is 22.9.